The summed E-state index contributed by atoms with van der Waals surface area (Å²) in [6.07, 6.45) is 3.11. The van der Waals surface area contributed by atoms with E-state index in [1.54, 1.807) is 0 Å². The third-order valence-corrected chi connectivity index (χ3v) is 5.19. The monoisotopic (exact) mass is 317 g/mol. The first kappa shape index (κ1) is 18.0. The number of amides is 1. The molecule has 1 atom stereocenters. The molecule has 0 spiro atoms. The molecule has 1 aliphatic heterocycles. The first-order valence-corrected chi connectivity index (χ1v) is 8.69. The van der Waals surface area contributed by atoms with Crippen molar-refractivity contribution in [3.63, 3.8) is 0 Å². The normalized spacial score (nSPS) is 19.7. The first-order valence-electron chi connectivity index (χ1n) is 8.69. The van der Waals surface area contributed by atoms with E-state index in [4.69, 9.17) is 5.73 Å². The maximum Gasteiger partial charge on any atom is 0.234 e. The Labute approximate surface area is 140 Å². The van der Waals surface area contributed by atoms with Crippen LogP contribution in [0.1, 0.15) is 38.7 Å². The molecule has 0 unspecified atom stereocenters. The van der Waals surface area contributed by atoms with E-state index in [-0.39, 0.29) is 17.4 Å². The molecule has 4 nitrogen and oxygen atoms in total. The maximum absolute atomic E-state index is 11.5. The number of likely N-dealkylation sites (N-methyl/N-ethyl adjacent to an activating group) is 1. The van der Waals surface area contributed by atoms with Crippen LogP contribution in [0.2, 0.25) is 0 Å². The number of carbonyl (C=O) groups is 1. The van der Waals surface area contributed by atoms with Crippen molar-refractivity contribution in [3.05, 3.63) is 35.9 Å². The number of carbonyl (C=O) groups excluding carboxylic acids is 1. The zero-order valence-corrected chi connectivity index (χ0v) is 14.8. The van der Waals surface area contributed by atoms with Gasteiger partial charge in [-0.2, -0.15) is 0 Å². The largest absolute Gasteiger partial charge is 0.368 e. The highest BCUT2D eigenvalue weighted by molar-refractivity contribution is 5.79. The van der Waals surface area contributed by atoms with Crippen LogP contribution < -0.4 is 5.73 Å². The lowest BCUT2D eigenvalue weighted by molar-refractivity contribution is -0.123. The van der Waals surface area contributed by atoms with Crippen molar-refractivity contribution in [3.8, 4) is 0 Å². The second-order valence-electron chi connectivity index (χ2n) is 7.31. The molecule has 0 aromatic heterocycles. The van der Waals surface area contributed by atoms with Crippen LogP contribution in [0.15, 0.2) is 30.3 Å². The van der Waals surface area contributed by atoms with Gasteiger partial charge >= 0.3 is 0 Å². The number of nitrogens with zero attached hydrogens (tertiary/aromatic N) is 2. The van der Waals surface area contributed by atoms with Crippen LogP contribution in [-0.4, -0.2) is 48.4 Å². The Morgan fingerprint density at radius 2 is 1.91 bits per heavy atom. The fraction of sp³-hybridized carbons (Fsp3) is 0.632. The van der Waals surface area contributed by atoms with Crippen molar-refractivity contribution in [2.45, 2.75) is 45.7 Å². The van der Waals surface area contributed by atoms with Gasteiger partial charge in [0, 0.05) is 13.1 Å². The number of piperidine rings is 1. The van der Waals surface area contributed by atoms with E-state index >= 15 is 0 Å². The van der Waals surface area contributed by atoms with Gasteiger partial charge in [-0.05, 0) is 50.4 Å². The highest BCUT2D eigenvalue weighted by Gasteiger charge is 2.33. The summed E-state index contributed by atoms with van der Waals surface area (Å²) in [6.45, 7) is 8.58. The molecule has 128 valence electrons. The standard InChI is InChI=1S/C19H31N3O/c1-4-17(18(20)23)21(3)15-19(2)10-12-22(13-11-19)14-16-8-6-5-7-9-16/h5-9,17H,4,10-15H2,1-3H3,(H2,20,23)/t17-/m0/s1. The molecule has 0 radical (unpaired) electrons. The lowest BCUT2D eigenvalue weighted by Crippen LogP contribution is -2.49. The van der Waals surface area contributed by atoms with Gasteiger partial charge in [-0.25, -0.2) is 0 Å². The van der Waals surface area contributed by atoms with Gasteiger partial charge in [0.25, 0.3) is 0 Å². The summed E-state index contributed by atoms with van der Waals surface area (Å²) in [5.41, 5.74) is 7.17. The van der Waals surface area contributed by atoms with Crippen molar-refractivity contribution in [2.24, 2.45) is 11.1 Å². The fourth-order valence-corrected chi connectivity index (χ4v) is 3.69. The van der Waals surface area contributed by atoms with Crippen molar-refractivity contribution < 1.29 is 4.79 Å². The molecule has 1 heterocycles. The molecule has 4 heteroatoms. The number of nitrogens with two attached hydrogens (primary N) is 1. The quantitative estimate of drug-likeness (QED) is 0.840. The van der Waals surface area contributed by atoms with Crippen LogP contribution >= 0.6 is 0 Å². The van der Waals surface area contributed by atoms with Gasteiger partial charge in [-0.1, -0.05) is 44.2 Å². The molecule has 23 heavy (non-hydrogen) atoms. The molecule has 1 aromatic carbocycles. The summed E-state index contributed by atoms with van der Waals surface area (Å²) in [6, 6.07) is 10.5. The Bertz CT molecular complexity index is 495. The highest BCUT2D eigenvalue weighted by Crippen LogP contribution is 2.32. The van der Waals surface area contributed by atoms with E-state index in [1.807, 2.05) is 14.0 Å². The average Bonchev–Trinajstić information content (AvgIpc) is 2.51. The molecule has 1 saturated heterocycles. The van der Waals surface area contributed by atoms with Gasteiger partial charge in [-0.15, -0.1) is 0 Å². The van der Waals surface area contributed by atoms with Crippen LogP contribution in [0.3, 0.4) is 0 Å². The Hall–Kier alpha value is -1.39. The van der Waals surface area contributed by atoms with Gasteiger partial charge in [-0.3, -0.25) is 14.6 Å². The zero-order valence-electron chi connectivity index (χ0n) is 14.8. The number of benzene rings is 1. The van der Waals surface area contributed by atoms with E-state index < -0.39 is 0 Å². The lowest BCUT2D eigenvalue weighted by atomic mass is 9.79. The van der Waals surface area contributed by atoms with E-state index in [1.165, 1.54) is 18.4 Å². The topological polar surface area (TPSA) is 49.6 Å². The minimum absolute atomic E-state index is 0.144. The predicted octanol–water partition coefficient (Wildman–Crippen LogP) is 2.48. The Morgan fingerprint density at radius 1 is 1.30 bits per heavy atom. The third kappa shape index (κ3) is 5.05. The summed E-state index contributed by atoms with van der Waals surface area (Å²) in [5.74, 6) is -0.208. The number of primary amides is 1. The highest BCUT2D eigenvalue weighted by atomic mass is 16.1. The molecule has 2 rings (SSSR count). The summed E-state index contributed by atoms with van der Waals surface area (Å²) >= 11 is 0. The van der Waals surface area contributed by atoms with E-state index in [9.17, 15) is 4.79 Å². The van der Waals surface area contributed by atoms with E-state index in [0.717, 1.165) is 32.6 Å². The van der Waals surface area contributed by atoms with Gasteiger partial charge in [0.05, 0.1) is 6.04 Å². The number of hydrogen-bond donors (Lipinski definition) is 1. The van der Waals surface area contributed by atoms with Crippen molar-refractivity contribution in [1.29, 1.82) is 0 Å². The SMILES string of the molecule is CC[C@@H](C(N)=O)N(C)CC1(C)CCN(Cc2ccccc2)CC1. The third-order valence-electron chi connectivity index (χ3n) is 5.19. The van der Waals surface area contributed by atoms with E-state index in [2.05, 4.69) is 47.1 Å². The average molecular weight is 317 g/mol. The van der Waals surface area contributed by atoms with Gasteiger partial charge in [0.2, 0.25) is 5.91 Å². The van der Waals surface area contributed by atoms with Crippen molar-refractivity contribution in [2.75, 3.05) is 26.7 Å². The van der Waals surface area contributed by atoms with Crippen LogP contribution in [0.4, 0.5) is 0 Å². The van der Waals surface area contributed by atoms with Gasteiger partial charge in [0.1, 0.15) is 0 Å². The minimum Gasteiger partial charge on any atom is -0.368 e. The Balaban J connectivity index is 1.85. The van der Waals surface area contributed by atoms with Crippen molar-refractivity contribution in [1.82, 2.24) is 9.80 Å². The number of rotatable bonds is 7. The summed E-state index contributed by atoms with van der Waals surface area (Å²) in [7, 11) is 2.03. The second-order valence-corrected chi connectivity index (χ2v) is 7.31. The van der Waals surface area contributed by atoms with Crippen LogP contribution in [0.5, 0.6) is 0 Å². The molecule has 1 amide bonds. The smallest absolute Gasteiger partial charge is 0.234 e. The van der Waals surface area contributed by atoms with Crippen LogP contribution in [0.25, 0.3) is 0 Å². The predicted molar refractivity (Wildman–Crippen MR) is 95.0 cm³/mol. The zero-order chi connectivity index (χ0) is 16.9. The van der Waals surface area contributed by atoms with E-state index in [0.29, 0.717) is 0 Å². The van der Waals surface area contributed by atoms with Crippen molar-refractivity contribution >= 4 is 5.91 Å². The van der Waals surface area contributed by atoms with Crippen LogP contribution in [-0.2, 0) is 11.3 Å². The fourth-order valence-electron chi connectivity index (χ4n) is 3.69. The molecule has 0 bridgehead atoms. The minimum atomic E-state index is -0.208. The number of hydrogen-bond acceptors (Lipinski definition) is 3. The van der Waals surface area contributed by atoms with Gasteiger partial charge < -0.3 is 5.73 Å². The Kier molecular flexibility index (Phi) is 6.19. The summed E-state index contributed by atoms with van der Waals surface area (Å²) < 4.78 is 0. The second kappa shape index (κ2) is 7.93. The summed E-state index contributed by atoms with van der Waals surface area (Å²) in [5, 5.41) is 0. The van der Waals surface area contributed by atoms with Crippen LogP contribution in [0, 0.1) is 5.41 Å². The number of likely N-dealkylation sites (tertiary alicyclic amines) is 1. The molecule has 0 aliphatic carbocycles. The molecule has 1 fully saturated rings. The lowest BCUT2D eigenvalue weighted by Gasteiger charge is -2.42. The molecular weight excluding hydrogens is 286 g/mol. The molecule has 1 aliphatic rings. The molecule has 0 saturated carbocycles. The summed E-state index contributed by atoms with van der Waals surface area (Å²) in [4.78, 5) is 16.2. The van der Waals surface area contributed by atoms with Gasteiger partial charge in [0.15, 0.2) is 0 Å². The maximum atomic E-state index is 11.5. The Morgan fingerprint density at radius 3 is 2.43 bits per heavy atom. The first-order chi connectivity index (χ1) is 10.9. The molecule has 2 N–H and O–H groups in total. The molecular formula is C19H31N3O. The molecule has 1 aromatic rings.